The standard InChI is InChI=1S/C22H23F2N7O3/c23-22(24)34-20-9-18(29-30-20)27-19-11-25-17-10-26-31(21(17)28-19)15-3-1-13(2-4-15)16(12-32)14-5-7-33-8-6-14/h1-4,9-11,14,16,22,32H,5-8,12H2,(H2,27,28,29,30)/t16-/m0/s1. The van der Waals surface area contributed by atoms with Crippen molar-refractivity contribution in [2.24, 2.45) is 5.92 Å². The molecule has 1 saturated heterocycles. The van der Waals surface area contributed by atoms with E-state index in [2.05, 4.69) is 35.3 Å². The first-order valence-electron chi connectivity index (χ1n) is 10.9. The van der Waals surface area contributed by atoms with Gasteiger partial charge >= 0.3 is 6.61 Å². The van der Waals surface area contributed by atoms with Gasteiger partial charge in [0.15, 0.2) is 17.3 Å². The highest BCUT2D eigenvalue weighted by Gasteiger charge is 2.25. The molecule has 4 heterocycles. The van der Waals surface area contributed by atoms with E-state index in [1.54, 1.807) is 10.9 Å². The largest absolute Gasteiger partial charge is 0.417 e. The summed E-state index contributed by atoms with van der Waals surface area (Å²) in [7, 11) is 0. The molecule has 1 aromatic carbocycles. The number of aliphatic hydroxyl groups excluding tert-OH is 1. The molecule has 34 heavy (non-hydrogen) atoms. The Kier molecular flexibility index (Phi) is 6.32. The molecule has 10 nitrogen and oxygen atoms in total. The van der Waals surface area contributed by atoms with Crippen LogP contribution in [0.25, 0.3) is 16.9 Å². The van der Waals surface area contributed by atoms with Crippen LogP contribution in [0.1, 0.15) is 24.3 Å². The smallest absolute Gasteiger partial charge is 0.388 e. The highest BCUT2D eigenvalue weighted by molar-refractivity contribution is 5.74. The molecule has 3 N–H and O–H groups in total. The summed E-state index contributed by atoms with van der Waals surface area (Å²) in [5, 5.41) is 23.5. The van der Waals surface area contributed by atoms with Gasteiger partial charge in [0.1, 0.15) is 5.52 Å². The maximum Gasteiger partial charge on any atom is 0.388 e. The molecule has 0 amide bonds. The molecule has 0 spiro atoms. The lowest BCUT2D eigenvalue weighted by Gasteiger charge is -2.29. The number of halogens is 2. The van der Waals surface area contributed by atoms with Crippen LogP contribution in [0, 0.1) is 5.92 Å². The van der Waals surface area contributed by atoms with Crippen LogP contribution in [0.4, 0.5) is 20.4 Å². The predicted octanol–water partition coefficient (Wildman–Crippen LogP) is 3.39. The van der Waals surface area contributed by atoms with E-state index in [-0.39, 0.29) is 24.2 Å². The molecule has 0 radical (unpaired) electrons. The molecule has 1 aliphatic rings. The minimum absolute atomic E-state index is 0.0655. The normalized spacial score (nSPS) is 15.6. The van der Waals surface area contributed by atoms with Crippen molar-refractivity contribution in [3.8, 4) is 11.6 Å². The Morgan fingerprint density at radius 1 is 1.18 bits per heavy atom. The Bertz CT molecular complexity index is 1240. The van der Waals surface area contributed by atoms with Crippen LogP contribution in [-0.2, 0) is 4.74 Å². The van der Waals surface area contributed by atoms with Crippen LogP contribution in [0.15, 0.2) is 42.7 Å². The zero-order valence-electron chi connectivity index (χ0n) is 18.1. The quantitative estimate of drug-likeness (QED) is 0.357. The Morgan fingerprint density at radius 3 is 2.71 bits per heavy atom. The molecule has 12 heteroatoms. The average Bonchev–Trinajstić information content (AvgIpc) is 3.47. The van der Waals surface area contributed by atoms with E-state index in [0.717, 1.165) is 37.3 Å². The minimum atomic E-state index is -2.95. The van der Waals surface area contributed by atoms with E-state index in [9.17, 15) is 13.9 Å². The number of hydrogen-bond donors (Lipinski definition) is 3. The summed E-state index contributed by atoms with van der Waals surface area (Å²) in [5.74, 6) is 0.904. The number of aromatic nitrogens is 6. The molecule has 3 aromatic heterocycles. The number of alkyl halides is 2. The van der Waals surface area contributed by atoms with Gasteiger partial charge in [-0.3, -0.25) is 0 Å². The molecule has 0 unspecified atom stereocenters. The van der Waals surface area contributed by atoms with Crippen LogP contribution in [0.2, 0.25) is 0 Å². The Morgan fingerprint density at radius 2 is 1.97 bits per heavy atom. The molecule has 4 aromatic rings. The predicted molar refractivity (Wildman–Crippen MR) is 119 cm³/mol. The summed E-state index contributed by atoms with van der Waals surface area (Å²) in [6.45, 7) is -1.40. The summed E-state index contributed by atoms with van der Waals surface area (Å²) in [4.78, 5) is 8.91. The zero-order valence-corrected chi connectivity index (χ0v) is 18.1. The molecular weight excluding hydrogens is 448 g/mol. The Labute approximate surface area is 192 Å². The van der Waals surface area contributed by atoms with Crippen LogP contribution in [0.5, 0.6) is 5.88 Å². The second-order valence-corrected chi connectivity index (χ2v) is 7.97. The first kappa shape index (κ1) is 22.2. The van der Waals surface area contributed by atoms with Gasteiger partial charge in [0.2, 0.25) is 5.88 Å². The number of aliphatic hydroxyl groups is 1. The second kappa shape index (κ2) is 9.69. The van der Waals surface area contributed by atoms with Crippen molar-refractivity contribution in [1.29, 1.82) is 0 Å². The Hall–Kier alpha value is -3.64. The maximum atomic E-state index is 12.3. The monoisotopic (exact) mass is 471 g/mol. The van der Waals surface area contributed by atoms with Gasteiger partial charge in [-0.1, -0.05) is 12.1 Å². The summed E-state index contributed by atoms with van der Waals surface area (Å²) in [6, 6.07) is 9.18. The highest BCUT2D eigenvalue weighted by atomic mass is 19.3. The Balaban J connectivity index is 1.36. The summed E-state index contributed by atoms with van der Waals surface area (Å²) >= 11 is 0. The number of ether oxygens (including phenoxy) is 2. The van der Waals surface area contributed by atoms with Crippen molar-refractivity contribution in [1.82, 2.24) is 29.9 Å². The summed E-state index contributed by atoms with van der Waals surface area (Å²) in [6.07, 6.45) is 4.99. The SMILES string of the molecule is OC[C@@H](c1ccc(-n2ncc3ncc(Nc4cc(OC(F)F)[nH]n4)nc32)cc1)C1CCOCC1. The molecule has 178 valence electrons. The van der Waals surface area contributed by atoms with Gasteiger partial charge < -0.3 is 19.9 Å². The summed E-state index contributed by atoms with van der Waals surface area (Å²) < 4.78 is 36.1. The molecule has 1 fully saturated rings. The minimum Gasteiger partial charge on any atom is -0.417 e. The lowest BCUT2D eigenvalue weighted by atomic mass is 9.82. The third-order valence-corrected chi connectivity index (χ3v) is 5.90. The fourth-order valence-electron chi connectivity index (χ4n) is 4.22. The number of anilines is 2. The fraction of sp³-hybridized carbons (Fsp3) is 0.364. The lowest BCUT2D eigenvalue weighted by Crippen LogP contribution is -2.24. The number of hydrogen-bond acceptors (Lipinski definition) is 8. The summed E-state index contributed by atoms with van der Waals surface area (Å²) in [5.41, 5.74) is 2.97. The molecule has 1 aliphatic heterocycles. The van der Waals surface area contributed by atoms with Gasteiger partial charge in [0.25, 0.3) is 0 Å². The topological polar surface area (TPSA) is 123 Å². The molecule has 5 rings (SSSR count). The lowest BCUT2D eigenvalue weighted by molar-refractivity contribution is -0.0528. The third-order valence-electron chi connectivity index (χ3n) is 5.90. The second-order valence-electron chi connectivity index (χ2n) is 7.97. The number of fused-ring (bicyclic) bond motifs is 1. The average molecular weight is 471 g/mol. The number of benzene rings is 1. The molecule has 0 bridgehead atoms. The number of H-pyrrole nitrogens is 1. The number of nitrogens with one attached hydrogen (secondary N) is 2. The maximum absolute atomic E-state index is 12.3. The van der Waals surface area contributed by atoms with Crippen molar-refractivity contribution in [3.05, 3.63) is 48.3 Å². The third kappa shape index (κ3) is 4.68. The highest BCUT2D eigenvalue weighted by Crippen LogP contribution is 2.32. The molecule has 0 saturated carbocycles. The van der Waals surface area contributed by atoms with Crippen LogP contribution in [0.3, 0.4) is 0 Å². The van der Waals surface area contributed by atoms with Crippen LogP contribution >= 0.6 is 0 Å². The van der Waals surface area contributed by atoms with E-state index in [1.165, 1.54) is 12.3 Å². The van der Waals surface area contributed by atoms with E-state index in [1.807, 2.05) is 24.3 Å². The van der Waals surface area contributed by atoms with Gasteiger partial charge in [-0.15, -0.1) is 0 Å². The van der Waals surface area contributed by atoms with Crippen molar-refractivity contribution in [3.63, 3.8) is 0 Å². The molecule has 1 atom stereocenters. The fourth-order valence-corrected chi connectivity index (χ4v) is 4.22. The molecular formula is C22H23F2N7O3. The number of rotatable bonds is 8. The van der Waals surface area contributed by atoms with Crippen molar-refractivity contribution in [2.75, 3.05) is 25.1 Å². The van der Waals surface area contributed by atoms with Crippen LogP contribution < -0.4 is 10.1 Å². The van der Waals surface area contributed by atoms with Gasteiger partial charge in [0, 0.05) is 25.2 Å². The number of aromatic amines is 1. The van der Waals surface area contributed by atoms with E-state index in [0.29, 0.717) is 22.9 Å². The van der Waals surface area contributed by atoms with Gasteiger partial charge in [-0.25, -0.2) is 19.7 Å². The first-order chi connectivity index (χ1) is 16.6. The molecule has 0 aliphatic carbocycles. The van der Waals surface area contributed by atoms with Crippen LogP contribution in [-0.4, -0.2) is 61.5 Å². The van der Waals surface area contributed by atoms with E-state index >= 15 is 0 Å². The van der Waals surface area contributed by atoms with Gasteiger partial charge in [-0.2, -0.15) is 19.0 Å². The van der Waals surface area contributed by atoms with E-state index < -0.39 is 6.61 Å². The van der Waals surface area contributed by atoms with Gasteiger partial charge in [-0.05, 0) is 36.5 Å². The zero-order chi connectivity index (χ0) is 23.5. The number of nitrogens with zero attached hydrogens (tertiary/aromatic N) is 5. The first-order valence-corrected chi connectivity index (χ1v) is 10.9. The van der Waals surface area contributed by atoms with Crippen molar-refractivity contribution >= 4 is 22.8 Å². The van der Waals surface area contributed by atoms with Gasteiger partial charge in [0.05, 0.1) is 24.7 Å². The van der Waals surface area contributed by atoms with Crippen molar-refractivity contribution < 1.29 is 23.4 Å². The van der Waals surface area contributed by atoms with Crippen molar-refractivity contribution in [2.45, 2.75) is 25.4 Å². The van der Waals surface area contributed by atoms with E-state index in [4.69, 9.17) is 4.74 Å².